The third-order valence-corrected chi connectivity index (χ3v) is 2.12. The Labute approximate surface area is 94.5 Å². The average molecular weight is 231 g/mol. The van der Waals surface area contributed by atoms with Crippen molar-refractivity contribution in [2.45, 2.75) is 13.0 Å². The maximum absolute atomic E-state index is 11.1. The zero-order valence-corrected chi connectivity index (χ0v) is 9.84. The van der Waals surface area contributed by atoms with E-state index in [0.29, 0.717) is 5.76 Å². The molecule has 2 unspecified atom stereocenters. The van der Waals surface area contributed by atoms with Gasteiger partial charge < -0.3 is 19.4 Å². The Kier molecular flexibility index (Phi) is 6.95. The molecule has 0 aromatic heterocycles. The van der Waals surface area contributed by atoms with E-state index in [1.807, 2.05) is 0 Å². The van der Waals surface area contributed by atoms with Gasteiger partial charge in [-0.1, -0.05) is 12.1 Å². The molecular formula is C10H17NO5. The number of carbonyl (C=O) groups is 1. The summed E-state index contributed by atoms with van der Waals surface area (Å²) in [6.45, 7) is 1.77. The Balaban J connectivity index is 4.81. The number of nitrogens with zero attached hydrogens (tertiary/aromatic N) is 1. The van der Waals surface area contributed by atoms with Crippen LogP contribution in [0.15, 0.2) is 17.0 Å². The van der Waals surface area contributed by atoms with Crippen molar-refractivity contribution in [2.75, 3.05) is 21.3 Å². The third kappa shape index (κ3) is 4.31. The molecule has 0 aliphatic carbocycles. The minimum Gasteiger partial charge on any atom is -0.500 e. The second kappa shape index (κ2) is 7.70. The molecule has 0 aromatic carbocycles. The van der Waals surface area contributed by atoms with E-state index in [1.54, 1.807) is 6.92 Å². The highest BCUT2D eigenvalue weighted by atomic mass is 16.5. The molecule has 6 heteroatoms. The standard InChI is InChI=1S/C10H17NO5/c1-7(9(15-3)6-11-13)8(14-2)5-10(12)16-4/h5-7,9,13H,1-4H3/b8-5+,11-6+. The monoisotopic (exact) mass is 231 g/mol. The zero-order valence-electron chi connectivity index (χ0n) is 9.84. The van der Waals surface area contributed by atoms with Crippen molar-refractivity contribution >= 4 is 12.2 Å². The highest BCUT2D eigenvalue weighted by Crippen LogP contribution is 2.17. The SMILES string of the molecule is COC(=O)/C=C(/OC)C(C)C(/C=N/O)OC. The normalized spacial score (nSPS) is 15.9. The van der Waals surface area contributed by atoms with Gasteiger partial charge >= 0.3 is 5.97 Å². The molecule has 0 radical (unpaired) electrons. The summed E-state index contributed by atoms with van der Waals surface area (Å²) < 4.78 is 14.6. The summed E-state index contributed by atoms with van der Waals surface area (Å²) >= 11 is 0. The van der Waals surface area contributed by atoms with Gasteiger partial charge in [0.25, 0.3) is 0 Å². The minimum atomic E-state index is -0.514. The number of carbonyl (C=O) groups excluding carboxylic acids is 1. The van der Waals surface area contributed by atoms with Crippen LogP contribution in [0.3, 0.4) is 0 Å². The number of hydrogen-bond donors (Lipinski definition) is 1. The van der Waals surface area contributed by atoms with Gasteiger partial charge in [-0.15, -0.1) is 0 Å². The molecule has 0 saturated carbocycles. The van der Waals surface area contributed by atoms with Crippen molar-refractivity contribution in [2.24, 2.45) is 11.1 Å². The molecule has 0 aliphatic heterocycles. The van der Waals surface area contributed by atoms with Gasteiger partial charge in [-0.05, 0) is 0 Å². The maximum Gasteiger partial charge on any atom is 0.333 e. The predicted molar refractivity (Wildman–Crippen MR) is 57.3 cm³/mol. The summed E-state index contributed by atoms with van der Waals surface area (Å²) in [4.78, 5) is 11.1. The predicted octanol–water partition coefficient (Wildman–Crippen LogP) is 0.801. The van der Waals surface area contributed by atoms with Gasteiger partial charge in [0.2, 0.25) is 0 Å². The fourth-order valence-electron chi connectivity index (χ4n) is 1.17. The van der Waals surface area contributed by atoms with E-state index in [9.17, 15) is 4.79 Å². The Morgan fingerprint density at radius 2 is 1.94 bits per heavy atom. The summed E-state index contributed by atoms with van der Waals surface area (Å²) in [5.74, 6) is -0.400. The molecule has 0 heterocycles. The minimum absolute atomic E-state index is 0.273. The van der Waals surface area contributed by atoms with Crippen molar-refractivity contribution in [3.8, 4) is 0 Å². The lowest BCUT2D eigenvalue weighted by Crippen LogP contribution is -2.25. The molecule has 0 saturated heterocycles. The van der Waals surface area contributed by atoms with Gasteiger partial charge in [0, 0.05) is 13.0 Å². The Morgan fingerprint density at radius 3 is 2.31 bits per heavy atom. The van der Waals surface area contributed by atoms with Gasteiger partial charge in [0.15, 0.2) is 0 Å². The lowest BCUT2D eigenvalue weighted by atomic mass is 10.0. The number of oxime groups is 1. The Morgan fingerprint density at radius 1 is 1.31 bits per heavy atom. The highest BCUT2D eigenvalue weighted by molar-refractivity contribution is 5.82. The second-order valence-corrected chi connectivity index (χ2v) is 3.03. The van der Waals surface area contributed by atoms with E-state index in [0.717, 1.165) is 0 Å². The first-order valence-corrected chi connectivity index (χ1v) is 4.64. The lowest BCUT2D eigenvalue weighted by Gasteiger charge is -2.20. The van der Waals surface area contributed by atoms with Gasteiger partial charge in [-0.3, -0.25) is 0 Å². The number of hydrogen-bond acceptors (Lipinski definition) is 6. The van der Waals surface area contributed by atoms with E-state index in [4.69, 9.17) is 14.7 Å². The molecule has 0 bridgehead atoms. The van der Waals surface area contributed by atoms with Gasteiger partial charge in [-0.2, -0.15) is 0 Å². The number of ether oxygens (including phenoxy) is 3. The first kappa shape index (κ1) is 14.4. The molecule has 0 aliphatic rings. The van der Waals surface area contributed by atoms with Crippen molar-refractivity contribution in [1.82, 2.24) is 0 Å². The molecule has 1 N–H and O–H groups in total. The molecule has 92 valence electrons. The first-order valence-electron chi connectivity index (χ1n) is 4.64. The number of methoxy groups -OCH3 is 3. The van der Waals surface area contributed by atoms with E-state index in [-0.39, 0.29) is 5.92 Å². The van der Waals surface area contributed by atoms with Crippen LogP contribution in [0.25, 0.3) is 0 Å². The summed E-state index contributed by atoms with van der Waals surface area (Å²) in [7, 11) is 4.18. The molecular weight excluding hydrogens is 214 g/mol. The van der Waals surface area contributed by atoms with E-state index < -0.39 is 12.1 Å². The highest BCUT2D eigenvalue weighted by Gasteiger charge is 2.21. The molecule has 0 fully saturated rings. The zero-order chi connectivity index (χ0) is 12.6. The molecule has 6 nitrogen and oxygen atoms in total. The molecule has 0 spiro atoms. The maximum atomic E-state index is 11.1. The molecule has 0 aromatic rings. The largest absolute Gasteiger partial charge is 0.500 e. The summed E-state index contributed by atoms with van der Waals surface area (Å²) in [6, 6.07) is 0. The van der Waals surface area contributed by atoms with E-state index in [2.05, 4.69) is 9.89 Å². The summed E-state index contributed by atoms with van der Waals surface area (Å²) in [5.41, 5.74) is 0. The van der Waals surface area contributed by atoms with Crippen molar-refractivity contribution < 1.29 is 24.2 Å². The van der Waals surface area contributed by atoms with Gasteiger partial charge in [-0.25, -0.2) is 4.79 Å². The van der Waals surface area contributed by atoms with Crippen molar-refractivity contribution in [1.29, 1.82) is 0 Å². The second-order valence-electron chi connectivity index (χ2n) is 3.03. The Hall–Kier alpha value is -1.56. The fraction of sp³-hybridized carbons (Fsp3) is 0.600. The van der Waals surface area contributed by atoms with Crippen LogP contribution in [0.2, 0.25) is 0 Å². The van der Waals surface area contributed by atoms with Crippen LogP contribution in [0, 0.1) is 5.92 Å². The quantitative estimate of drug-likeness (QED) is 0.183. The average Bonchev–Trinajstić information content (AvgIpc) is 2.31. The van der Waals surface area contributed by atoms with Crippen LogP contribution in [0.4, 0.5) is 0 Å². The van der Waals surface area contributed by atoms with Crippen molar-refractivity contribution in [3.05, 3.63) is 11.8 Å². The summed E-state index contributed by atoms with van der Waals surface area (Å²) in [5, 5.41) is 11.3. The van der Waals surface area contributed by atoms with Crippen LogP contribution < -0.4 is 0 Å². The third-order valence-electron chi connectivity index (χ3n) is 2.12. The van der Waals surface area contributed by atoms with Crippen LogP contribution >= 0.6 is 0 Å². The molecule has 0 rings (SSSR count). The van der Waals surface area contributed by atoms with E-state index in [1.165, 1.54) is 33.6 Å². The number of rotatable bonds is 6. The van der Waals surface area contributed by atoms with Crippen LogP contribution in [-0.4, -0.2) is 44.8 Å². The molecule has 2 atom stereocenters. The fourth-order valence-corrected chi connectivity index (χ4v) is 1.17. The molecule has 16 heavy (non-hydrogen) atoms. The number of esters is 1. The van der Waals surface area contributed by atoms with Gasteiger partial charge in [0.05, 0.1) is 26.5 Å². The van der Waals surface area contributed by atoms with Crippen LogP contribution in [-0.2, 0) is 19.0 Å². The topological polar surface area (TPSA) is 77.4 Å². The first-order chi connectivity index (χ1) is 7.60. The summed E-state index contributed by atoms with van der Waals surface area (Å²) in [6.07, 6.45) is 1.96. The van der Waals surface area contributed by atoms with E-state index >= 15 is 0 Å². The van der Waals surface area contributed by atoms with Crippen molar-refractivity contribution in [3.63, 3.8) is 0 Å². The lowest BCUT2D eigenvalue weighted by molar-refractivity contribution is -0.135. The van der Waals surface area contributed by atoms with Gasteiger partial charge in [0.1, 0.15) is 11.9 Å². The van der Waals surface area contributed by atoms with Crippen LogP contribution in [0.5, 0.6) is 0 Å². The van der Waals surface area contributed by atoms with Crippen LogP contribution in [0.1, 0.15) is 6.92 Å². The smallest absolute Gasteiger partial charge is 0.333 e. The molecule has 0 amide bonds. The Bertz CT molecular complexity index is 274.